The predicted octanol–water partition coefficient (Wildman–Crippen LogP) is 0.816. The Hall–Kier alpha value is -0.940. The fourth-order valence-corrected chi connectivity index (χ4v) is 2.08. The van der Waals surface area contributed by atoms with Crippen LogP contribution in [0.4, 0.5) is 0 Å². The summed E-state index contributed by atoms with van der Waals surface area (Å²) in [6.45, 7) is 5.09. The van der Waals surface area contributed by atoms with E-state index in [1.807, 2.05) is 7.05 Å². The monoisotopic (exact) mass is 224 g/mol. The molecule has 1 aliphatic rings. The van der Waals surface area contributed by atoms with Crippen molar-refractivity contribution in [1.29, 1.82) is 0 Å². The minimum absolute atomic E-state index is 0.609. The van der Waals surface area contributed by atoms with Crippen LogP contribution in [-0.2, 0) is 13.0 Å². The Labute approximate surface area is 96.2 Å². The van der Waals surface area contributed by atoms with E-state index in [9.17, 15) is 0 Å². The zero-order valence-corrected chi connectivity index (χ0v) is 10.1. The van der Waals surface area contributed by atoms with Crippen molar-refractivity contribution >= 4 is 0 Å². The van der Waals surface area contributed by atoms with Crippen molar-refractivity contribution in [3.63, 3.8) is 0 Å². The van der Waals surface area contributed by atoms with E-state index in [2.05, 4.69) is 27.3 Å². The molecule has 0 spiro atoms. The first-order chi connectivity index (χ1) is 7.81. The number of rotatable bonds is 5. The Kier molecular flexibility index (Phi) is 3.90. The summed E-state index contributed by atoms with van der Waals surface area (Å²) in [5.74, 6) is 1.59. The maximum absolute atomic E-state index is 5.22. The molecular formula is C11H20N4O. The van der Waals surface area contributed by atoms with E-state index in [0.717, 1.165) is 44.2 Å². The van der Waals surface area contributed by atoms with E-state index in [0.29, 0.717) is 6.04 Å². The van der Waals surface area contributed by atoms with Gasteiger partial charge in [0.1, 0.15) is 0 Å². The van der Waals surface area contributed by atoms with Gasteiger partial charge in [-0.05, 0) is 19.9 Å². The van der Waals surface area contributed by atoms with E-state index in [1.54, 1.807) is 0 Å². The molecule has 2 heterocycles. The first-order valence-electron chi connectivity index (χ1n) is 6.03. The third kappa shape index (κ3) is 2.80. The van der Waals surface area contributed by atoms with Gasteiger partial charge in [-0.15, -0.1) is 0 Å². The first-order valence-corrected chi connectivity index (χ1v) is 6.03. The number of likely N-dealkylation sites (N-methyl/N-ethyl adjacent to an activating group) is 1. The van der Waals surface area contributed by atoms with Gasteiger partial charge in [0.2, 0.25) is 5.89 Å². The van der Waals surface area contributed by atoms with Crippen molar-refractivity contribution in [3.05, 3.63) is 11.7 Å². The third-order valence-corrected chi connectivity index (χ3v) is 3.02. The second-order valence-electron chi connectivity index (χ2n) is 4.36. The molecule has 90 valence electrons. The van der Waals surface area contributed by atoms with Crippen LogP contribution < -0.4 is 5.32 Å². The zero-order valence-electron chi connectivity index (χ0n) is 10.1. The average Bonchev–Trinajstić information content (AvgIpc) is 2.89. The molecule has 0 aromatic carbocycles. The molecule has 1 aliphatic heterocycles. The molecule has 0 amide bonds. The van der Waals surface area contributed by atoms with Gasteiger partial charge in [0.25, 0.3) is 0 Å². The number of hydrogen-bond donors (Lipinski definition) is 1. The number of likely N-dealkylation sites (tertiary alicyclic amines) is 1. The summed E-state index contributed by atoms with van der Waals surface area (Å²) in [5, 5.41) is 7.26. The number of nitrogens with one attached hydrogen (secondary N) is 1. The Bertz CT molecular complexity index is 326. The SMILES string of the molecule is CCCc1noc(CN2CCC(NC)C2)n1. The van der Waals surface area contributed by atoms with Crippen LogP contribution >= 0.6 is 0 Å². The van der Waals surface area contributed by atoms with Gasteiger partial charge in [0.05, 0.1) is 6.54 Å². The van der Waals surface area contributed by atoms with Crippen molar-refractivity contribution in [3.8, 4) is 0 Å². The summed E-state index contributed by atoms with van der Waals surface area (Å²) in [4.78, 5) is 6.73. The molecular weight excluding hydrogens is 204 g/mol. The molecule has 0 bridgehead atoms. The number of nitrogens with zero attached hydrogens (tertiary/aromatic N) is 3. The maximum atomic E-state index is 5.22. The fourth-order valence-electron chi connectivity index (χ4n) is 2.08. The molecule has 1 N–H and O–H groups in total. The maximum Gasteiger partial charge on any atom is 0.240 e. The first kappa shape index (κ1) is 11.5. The smallest absolute Gasteiger partial charge is 0.240 e. The standard InChI is InChI=1S/C11H20N4O/c1-3-4-10-13-11(16-14-10)8-15-6-5-9(7-15)12-2/h9,12H,3-8H2,1-2H3. The van der Waals surface area contributed by atoms with E-state index in [1.165, 1.54) is 6.42 Å². The highest BCUT2D eigenvalue weighted by Gasteiger charge is 2.22. The molecule has 1 atom stereocenters. The molecule has 1 unspecified atom stereocenters. The molecule has 16 heavy (non-hydrogen) atoms. The van der Waals surface area contributed by atoms with Gasteiger partial charge in [-0.2, -0.15) is 4.98 Å². The minimum Gasteiger partial charge on any atom is -0.338 e. The Morgan fingerprint density at radius 1 is 1.56 bits per heavy atom. The van der Waals surface area contributed by atoms with Crippen molar-refractivity contribution < 1.29 is 4.52 Å². The summed E-state index contributed by atoms with van der Waals surface area (Å²) in [6, 6.07) is 0.609. The van der Waals surface area contributed by atoms with Crippen LogP contribution in [0.15, 0.2) is 4.52 Å². The molecule has 1 aromatic heterocycles. The molecule has 0 saturated carbocycles. The van der Waals surface area contributed by atoms with Crippen LogP contribution in [0.1, 0.15) is 31.5 Å². The number of aryl methyl sites for hydroxylation is 1. The van der Waals surface area contributed by atoms with Crippen molar-refractivity contribution in [2.24, 2.45) is 0 Å². The van der Waals surface area contributed by atoms with Crippen molar-refractivity contribution in [1.82, 2.24) is 20.4 Å². The Morgan fingerprint density at radius 2 is 2.44 bits per heavy atom. The van der Waals surface area contributed by atoms with Crippen molar-refractivity contribution in [2.75, 3.05) is 20.1 Å². The quantitative estimate of drug-likeness (QED) is 0.802. The van der Waals surface area contributed by atoms with Gasteiger partial charge in [-0.25, -0.2) is 0 Å². The van der Waals surface area contributed by atoms with Crippen LogP contribution in [0.3, 0.4) is 0 Å². The van der Waals surface area contributed by atoms with E-state index in [-0.39, 0.29) is 0 Å². The van der Waals surface area contributed by atoms with Gasteiger partial charge in [0.15, 0.2) is 5.82 Å². The zero-order chi connectivity index (χ0) is 11.4. The molecule has 2 rings (SSSR count). The summed E-state index contributed by atoms with van der Waals surface area (Å²) < 4.78 is 5.22. The largest absolute Gasteiger partial charge is 0.338 e. The van der Waals surface area contributed by atoms with Crippen LogP contribution in [-0.4, -0.2) is 41.2 Å². The Morgan fingerprint density at radius 3 is 3.12 bits per heavy atom. The lowest BCUT2D eigenvalue weighted by molar-refractivity contribution is 0.263. The van der Waals surface area contributed by atoms with Crippen LogP contribution in [0.25, 0.3) is 0 Å². The highest BCUT2D eigenvalue weighted by Crippen LogP contribution is 2.12. The lowest BCUT2D eigenvalue weighted by atomic mass is 10.3. The lowest BCUT2D eigenvalue weighted by Gasteiger charge is -2.12. The lowest BCUT2D eigenvalue weighted by Crippen LogP contribution is -2.29. The highest BCUT2D eigenvalue weighted by molar-refractivity contribution is 4.89. The summed E-state index contributed by atoms with van der Waals surface area (Å²) >= 11 is 0. The molecule has 0 aliphatic carbocycles. The third-order valence-electron chi connectivity index (χ3n) is 3.02. The van der Waals surface area contributed by atoms with Gasteiger partial charge in [-0.1, -0.05) is 12.1 Å². The normalized spacial score (nSPS) is 21.8. The van der Waals surface area contributed by atoms with Crippen LogP contribution in [0.2, 0.25) is 0 Å². The van der Waals surface area contributed by atoms with Crippen LogP contribution in [0, 0.1) is 0 Å². The molecule has 1 aromatic rings. The van der Waals surface area contributed by atoms with Gasteiger partial charge < -0.3 is 9.84 Å². The van der Waals surface area contributed by atoms with Gasteiger partial charge >= 0.3 is 0 Å². The van der Waals surface area contributed by atoms with Crippen LogP contribution in [0.5, 0.6) is 0 Å². The summed E-state index contributed by atoms with van der Waals surface area (Å²) in [5.41, 5.74) is 0. The number of hydrogen-bond acceptors (Lipinski definition) is 5. The Balaban J connectivity index is 1.84. The van der Waals surface area contributed by atoms with E-state index in [4.69, 9.17) is 4.52 Å². The molecule has 0 radical (unpaired) electrons. The minimum atomic E-state index is 0.609. The molecule has 1 fully saturated rings. The predicted molar refractivity (Wildman–Crippen MR) is 61.0 cm³/mol. The summed E-state index contributed by atoms with van der Waals surface area (Å²) in [7, 11) is 2.01. The second kappa shape index (κ2) is 5.41. The van der Waals surface area contributed by atoms with Gasteiger partial charge in [-0.3, -0.25) is 4.90 Å². The number of aromatic nitrogens is 2. The summed E-state index contributed by atoms with van der Waals surface area (Å²) in [6.07, 6.45) is 3.17. The molecule has 5 nitrogen and oxygen atoms in total. The molecule has 5 heteroatoms. The second-order valence-corrected chi connectivity index (χ2v) is 4.36. The van der Waals surface area contributed by atoms with Gasteiger partial charge in [0, 0.05) is 25.6 Å². The average molecular weight is 224 g/mol. The topological polar surface area (TPSA) is 54.2 Å². The molecule has 1 saturated heterocycles. The van der Waals surface area contributed by atoms with E-state index < -0.39 is 0 Å². The highest BCUT2D eigenvalue weighted by atomic mass is 16.5. The fraction of sp³-hybridized carbons (Fsp3) is 0.818. The van der Waals surface area contributed by atoms with E-state index >= 15 is 0 Å². The van der Waals surface area contributed by atoms with Crippen molar-refractivity contribution in [2.45, 2.75) is 38.8 Å².